The van der Waals surface area contributed by atoms with Gasteiger partial charge in [0.25, 0.3) is 17.7 Å². The summed E-state index contributed by atoms with van der Waals surface area (Å²) < 4.78 is 6.74. The van der Waals surface area contributed by atoms with Gasteiger partial charge < -0.3 is 20.7 Å². The second kappa shape index (κ2) is 9.02. The summed E-state index contributed by atoms with van der Waals surface area (Å²) in [6.07, 6.45) is 1.52. The SMILES string of the molecule is O=C1COc2ccc(CNC(=O)c3cc(C(=O)NCc4ccccc4)n4nccc4n3)cc2N1. The third-order valence-corrected chi connectivity index (χ3v) is 5.25. The summed E-state index contributed by atoms with van der Waals surface area (Å²) in [5, 5.41) is 12.5. The summed E-state index contributed by atoms with van der Waals surface area (Å²) in [6.45, 7) is 0.515. The van der Waals surface area contributed by atoms with Crippen molar-refractivity contribution in [2.75, 3.05) is 11.9 Å². The predicted molar refractivity (Wildman–Crippen MR) is 122 cm³/mol. The number of hydrogen-bond acceptors (Lipinski definition) is 6. The highest BCUT2D eigenvalue weighted by Crippen LogP contribution is 2.28. The Balaban J connectivity index is 1.31. The van der Waals surface area contributed by atoms with Crippen molar-refractivity contribution in [3.05, 3.63) is 89.4 Å². The predicted octanol–water partition coefficient (Wildman–Crippen LogP) is 1.92. The van der Waals surface area contributed by atoms with E-state index in [1.165, 1.54) is 16.8 Å². The van der Waals surface area contributed by atoms with Gasteiger partial charge in [0, 0.05) is 25.2 Å². The Bertz CT molecular complexity index is 1400. The Morgan fingerprint density at radius 3 is 2.62 bits per heavy atom. The highest BCUT2D eigenvalue weighted by atomic mass is 16.5. The molecule has 1 aliphatic rings. The van der Waals surface area contributed by atoms with Gasteiger partial charge >= 0.3 is 0 Å². The van der Waals surface area contributed by atoms with Gasteiger partial charge in [-0.15, -0.1) is 0 Å². The number of hydrogen-bond donors (Lipinski definition) is 3. The zero-order valence-corrected chi connectivity index (χ0v) is 17.9. The summed E-state index contributed by atoms with van der Waals surface area (Å²) in [5.74, 6) is -0.475. The van der Waals surface area contributed by atoms with E-state index in [-0.39, 0.29) is 36.4 Å². The van der Waals surface area contributed by atoms with Crippen LogP contribution in [-0.2, 0) is 17.9 Å². The third-order valence-electron chi connectivity index (χ3n) is 5.25. The van der Waals surface area contributed by atoms with Crippen LogP contribution in [0, 0.1) is 0 Å². The van der Waals surface area contributed by atoms with E-state index >= 15 is 0 Å². The maximum Gasteiger partial charge on any atom is 0.270 e. The van der Waals surface area contributed by atoms with Crippen molar-refractivity contribution >= 4 is 29.1 Å². The normalized spacial score (nSPS) is 12.4. The molecule has 0 unspecified atom stereocenters. The number of nitrogens with one attached hydrogen (secondary N) is 3. The molecule has 0 bridgehead atoms. The maximum atomic E-state index is 12.9. The molecule has 0 saturated heterocycles. The number of aromatic nitrogens is 3. The smallest absolute Gasteiger partial charge is 0.270 e. The molecule has 0 fully saturated rings. The monoisotopic (exact) mass is 456 g/mol. The second-order valence-electron chi connectivity index (χ2n) is 7.65. The quantitative estimate of drug-likeness (QED) is 0.407. The average Bonchev–Trinajstić information content (AvgIpc) is 3.34. The summed E-state index contributed by atoms with van der Waals surface area (Å²) in [4.78, 5) is 41.6. The van der Waals surface area contributed by atoms with Gasteiger partial charge in [-0.1, -0.05) is 36.4 Å². The van der Waals surface area contributed by atoms with Gasteiger partial charge in [0.15, 0.2) is 12.3 Å². The van der Waals surface area contributed by atoms with Crippen LogP contribution in [0.1, 0.15) is 32.1 Å². The Hall–Kier alpha value is -4.73. The lowest BCUT2D eigenvalue weighted by molar-refractivity contribution is -0.118. The zero-order valence-electron chi connectivity index (χ0n) is 17.9. The number of carbonyl (C=O) groups excluding carboxylic acids is 3. The number of anilines is 1. The van der Waals surface area contributed by atoms with Crippen LogP contribution >= 0.6 is 0 Å². The Kier molecular flexibility index (Phi) is 5.61. The molecule has 3 amide bonds. The number of nitrogens with zero attached hydrogens (tertiary/aromatic N) is 3. The van der Waals surface area contributed by atoms with Crippen molar-refractivity contribution in [1.82, 2.24) is 25.2 Å². The lowest BCUT2D eigenvalue weighted by Crippen LogP contribution is -2.28. The average molecular weight is 456 g/mol. The minimum Gasteiger partial charge on any atom is -0.482 e. The van der Waals surface area contributed by atoms with E-state index in [0.717, 1.165) is 11.1 Å². The molecule has 10 nitrogen and oxygen atoms in total. The molecule has 10 heteroatoms. The van der Waals surface area contributed by atoms with Crippen molar-refractivity contribution in [3.63, 3.8) is 0 Å². The Labute approximate surface area is 194 Å². The van der Waals surface area contributed by atoms with E-state index in [4.69, 9.17) is 4.74 Å². The van der Waals surface area contributed by atoms with E-state index < -0.39 is 5.91 Å². The molecule has 0 saturated carbocycles. The molecule has 2 aromatic carbocycles. The Morgan fingerprint density at radius 1 is 0.971 bits per heavy atom. The van der Waals surface area contributed by atoms with Gasteiger partial charge in [0.1, 0.15) is 17.1 Å². The molecule has 2 aromatic heterocycles. The number of ether oxygens (including phenoxy) is 1. The van der Waals surface area contributed by atoms with Crippen molar-refractivity contribution < 1.29 is 19.1 Å². The third kappa shape index (κ3) is 4.42. The van der Waals surface area contributed by atoms with Gasteiger partial charge in [0.05, 0.1) is 11.9 Å². The van der Waals surface area contributed by atoms with Gasteiger partial charge in [-0.25, -0.2) is 9.50 Å². The molecule has 3 N–H and O–H groups in total. The maximum absolute atomic E-state index is 12.9. The lowest BCUT2D eigenvalue weighted by atomic mass is 10.1. The number of benzene rings is 2. The van der Waals surface area contributed by atoms with Crippen LogP contribution < -0.4 is 20.7 Å². The largest absolute Gasteiger partial charge is 0.482 e. The summed E-state index contributed by atoms with van der Waals surface area (Å²) >= 11 is 0. The molecule has 0 atom stereocenters. The summed E-state index contributed by atoms with van der Waals surface area (Å²) in [6, 6.07) is 17.8. The lowest BCUT2D eigenvalue weighted by Gasteiger charge is -2.18. The minimum atomic E-state index is -0.446. The molecule has 0 radical (unpaired) electrons. The number of amides is 3. The van der Waals surface area contributed by atoms with E-state index in [1.54, 1.807) is 24.3 Å². The van der Waals surface area contributed by atoms with Crippen LogP contribution in [0.25, 0.3) is 5.65 Å². The van der Waals surface area contributed by atoms with Crippen molar-refractivity contribution in [2.24, 2.45) is 0 Å². The number of fused-ring (bicyclic) bond motifs is 2. The first-order chi connectivity index (χ1) is 16.6. The van der Waals surface area contributed by atoms with Gasteiger partial charge in [-0.3, -0.25) is 14.4 Å². The fraction of sp³-hybridized carbons (Fsp3) is 0.125. The van der Waals surface area contributed by atoms with E-state index in [0.29, 0.717) is 23.6 Å². The molecule has 3 heterocycles. The molecule has 170 valence electrons. The number of carbonyl (C=O) groups is 3. The van der Waals surface area contributed by atoms with Crippen molar-refractivity contribution in [3.8, 4) is 5.75 Å². The highest BCUT2D eigenvalue weighted by molar-refractivity contribution is 5.98. The second-order valence-corrected chi connectivity index (χ2v) is 7.65. The molecule has 4 aromatic rings. The molecule has 0 aliphatic carbocycles. The van der Waals surface area contributed by atoms with E-state index in [2.05, 4.69) is 26.0 Å². The summed E-state index contributed by atoms with van der Waals surface area (Å²) in [7, 11) is 0. The molecule has 1 aliphatic heterocycles. The molecule has 34 heavy (non-hydrogen) atoms. The topological polar surface area (TPSA) is 127 Å². The van der Waals surface area contributed by atoms with Crippen LogP contribution in [0.4, 0.5) is 5.69 Å². The van der Waals surface area contributed by atoms with Crippen LogP contribution in [0.5, 0.6) is 5.75 Å². The zero-order chi connectivity index (χ0) is 23.5. The first kappa shape index (κ1) is 21.1. The van der Waals surface area contributed by atoms with Gasteiger partial charge in [-0.05, 0) is 23.3 Å². The molecule has 5 rings (SSSR count). The fourth-order valence-corrected chi connectivity index (χ4v) is 3.57. The first-order valence-corrected chi connectivity index (χ1v) is 10.6. The van der Waals surface area contributed by atoms with E-state index in [1.807, 2.05) is 30.3 Å². The van der Waals surface area contributed by atoms with Gasteiger partial charge in [-0.2, -0.15) is 5.10 Å². The van der Waals surface area contributed by atoms with Crippen LogP contribution in [0.15, 0.2) is 66.9 Å². The van der Waals surface area contributed by atoms with Gasteiger partial charge in [0.2, 0.25) is 0 Å². The van der Waals surface area contributed by atoms with Crippen molar-refractivity contribution in [1.29, 1.82) is 0 Å². The molecular weight excluding hydrogens is 436 g/mol. The van der Waals surface area contributed by atoms with Crippen molar-refractivity contribution in [2.45, 2.75) is 13.1 Å². The highest BCUT2D eigenvalue weighted by Gasteiger charge is 2.19. The molecule has 0 spiro atoms. The standard InChI is InChI=1S/C24H20N6O4/c31-22-14-34-20-7-6-16(10-17(20)29-22)13-25-23(32)18-11-19(30-21(28-18)8-9-27-30)24(33)26-12-15-4-2-1-3-5-15/h1-11H,12-14H2,(H,25,32)(H,26,33)(H,29,31). The minimum absolute atomic E-state index is 0.0208. The fourth-order valence-electron chi connectivity index (χ4n) is 3.57. The molecular formula is C24H20N6O4. The first-order valence-electron chi connectivity index (χ1n) is 10.6. The van der Waals surface area contributed by atoms with E-state index in [9.17, 15) is 14.4 Å². The van der Waals surface area contributed by atoms with Crippen LogP contribution in [0.2, 0.25) is 0 Å². The van der Waals surface area contributed by atoms with Crippen LogP contribution in [-0.4, -0.2) is 38.9 Å². The Morgan fingerprint density at radius 2 is 1.76 bits per heavy atom. The summed E-state index contributed by atoms with van der Waals surface area (Å²) in [5.41, 5.74) is 2.94. The number of rotatable bonds is 6. The van der Waals surface area contributed by atoms with Crippen LogP contribution in [0.3, 0.4) is 0 Å².